The molecule has 0 unspecified atom stereocenters. The average molecular weight is 202 g/mol. The lowest BCUT2D eigenvalue weighted by Gasteiger charge is -2.01. The van der Waals surface area contributed by atoms with Gasteiger partial charge in [0, 0.05) is 5.56 Å². The zero-order chi connectivity index (χ0) is 10.7. The van der Waals surface area contributed by atoms with E-state index in [1.54, 1.807) is 6.07 Å². The smallest absolute Gasteiger partial charge is 0.258 e. The normalized spacial score (nSPS) is 9.93. The number of H-pyrrole nitrogens is 1. The fourth-order valence-corrected chi connectivity index (χ4v) is 1.23. The summed E-state index contributed by atoms with van der Waals surface area (Å²) >= 11 is 0. The molecule has 5 nitrogen and oxygen atoms in total. The van der Waals surface area contributed by atoms with Gasteiger partial charge < -0.3 is 0 Å². The number of nitrogens with zero attached hydrogens (tertiary/aromatic N) is 2. The molecule has 0 aliphatic carbocycles. The largest absolute Gasteiger partial charge is 0.291 e. The second-order valence-electron chi connectivity index (χ2n) is 3.16. The van der Waals surface area contributed by atoms with Gasteiger partial charge in [-0.05, 0) is 19.1 Å². The van der Waals surface area contributed by atoms with Crippen LogP contribution in [0.1, 0.15) is 15.9 Å². The zero-order valence-corrected chi connectivity index (χ0v) is 8.19. The van der Waals surface area contributed by atoms with Crippen molar-refractivity contribution in [3.63, 3.8) is 0 Å². The van der Waals surface area contributed by atoms with Crippen LogP contribution in [0.3, 0.4) is 0 Å². The average Bonchev–Trinajstić information content (AvgIpc) is 2.70. The fraction of sp³-hybridized carbons (Fsp3) is 0.100. The van der Waals surface area contributed by atoms with Crippen molar-refractivity contribution in [2.24, 2.45) is 0 Å². The summed E-state index contributed by atoms with van der Waals surface area (Å²) in [7, 11) is 0. The molecule has 2 aromatic rings. The molecule has 0 fully saturated rings. The van der Waals surface area contributed by atoms with E-state index in [4.69, 9.17) is 0 Å². The van der Waals surface area contributed by atoms with Crippen LogP contribution in [-0.2, 0) is 0 Å². The Kier molecular flexibility index (Phi) is 2.45. The number of rotatable bonds is 2. The van der Waals surface area contributed by atoms with E-state index >= 15 is 0 Å². The number of benzene rings is 1. The van der Waals surface area contributed by atoms with Crippen molar-refractivity contribution in [3.05, 3.63) is 41.7 Å². The summed E-state index contributed by atoms with van der Waals surface area (Å²) in [5, 5.41) is 8.79. The molecule has 15 heavy (non-hydrogen) atoms. The Balaban J connectivity index is 2.15. The lowest BCUT2D eigenvalue weighted by atomic mass is 10.1. The number of aromatic nitrogens is 3. The molecule has 1 heterocycles. The van der Waals surface area contributed by atoms with Gasteiger partial charge in [-0.2, -0.15) is 10.1 Å². The Bertz CT molecular complexity index is 464. The third-order valence-electron chi connectivity index (χ3n) is 1.93. The lowest BCUT2D eigenvalue weighted by Crippen LogP contribution is -2.12. The van der Waals surface area contributed by atoms with Gasteiger partial charge in [0.15, 0.2) is 0 Å². The van der Waals surface area contributed by atoms with Crippen LogP contribution in [0.25, 0.3) is 0 Å². The Morgan fingerprint density at radius 2 is 2.33 bits per heavy atom. The third kappa shape index (κ3) is 2.19. The maximum Gasteiger partial charge on any atom is 0.258 e. The SMILES string of the molecule is Cc1cccc(C(=O)Nc2ncn[nH]2)c1. The van der Waals surface area contributed by atoms with E-state index in [2.05, 4.69) is 20.5 Å². The Labute approximate surface area is 86.5 Å². The van der Waals surface area contributed by atoms with Gasteiger partial charge in [-0.15, -0.1) is 0 Å². The summed E-state index contributed by atoms with van der Waals surface area (Å²) < 4.78 is 0. The van der Waals surface area contributed by atoms with Gasteiger partial charge >= 0.3 is 0 Å². The van der Waals surface area contributed by atoms with Gasteiger partial charge in [0.1, 0.15) is 6.33 Å². The topological polar surface area (TPSA) is 70.7 Å². The highest BCUT2D eigenvalue weighted by molar-refractivity contribution is 6.03. The van der Waals surface area contributed by atoms with E-state index in [1.807, 2.05) is 25.1 Å². The van der Waals surface area contributed by atoms with Crippen molar-refractivity contribution in [3.8, 4) is 0 Å². The monoisotopic (exact) mass is 202 g/mol. The minimum absolute atomic E-state index is 0.199. The highest BCUT2D eigenvalue weighted by Gasteiger charge is 2.06. The maximum absolute atomic E-state index is 11.7. The van der Waals surface area contributed by atoms with Crippen LogP contribution in [-0.4, -0.2) is 21.1 Å². The first-order valence-corrected chi connectivity index (χ1v) is 4.49. The van der Waals surface area contributed by atoms with Crippen LogP contribution in [0.2, 0.25) is 0 Å². The van der Waals surface area contributed by atoms with Crippen molar-refractivity contribution in [2.45, 2.75) is 6.92 Å². The molecule has 0 saturated carbocycles. The molecule has 0 spiro atoms. The molecule has 1 aromatic carbocycles. The summed E-state index contributed by atoms with van der Waals surface area (Å²) in [4.78, 5) is 15.5. The van der Waals surface area contributed by atoms with E-state index in [1.165, 1.54) is 6.33 Å². The standard InChI is InChI=1S/C10H10N4O/c1-7-3-2-4-8(5-7)9(15)13-10-11-6-12-14-10/h2-6H,1H3,(H2,11,12,13,14,15). The van der Waals surface area contributed by atoms with Crippen LogP contribution in [0.4, 0.5) is 5.95 Å². The second kappa shape index (κ2) is 3.91. The van der Waals surface area contributed by atoms with Crippen molar-refractivity contribution in [1.29, 1.82) is 0 Å². The minimum Gasteiger partial charge on any atom is -0.291 e. The molecule has 0 saturated heterocycles. The molecule has 0 radical (unpaired) electrons. The van der Waals surface area contributed by atoms with Crippen LogP contribution in [0.5, 0.6) is 0 Å². The van der Waals surface area contributed by atoms with E-state index in [-0.39, 0.29) is 5.91 Å². The van der Waals surface area contributed by atoms with E-state index < -0.39 is 0 Å². The van der Waals surface area contributed by atoms with Crippen LogP contribution < -0.4 is 5.32 Å². The molecule has 0 aliphatic heterocycles. The Hall–Kier alpha value is -2.17. The van der Waals surface area contributed by atoms with Crippen molar-refractivity contribution < 1.29 is 4.79 Å². The molecular formula is C10H10N4O. The molecule has 0 bridgehead atoms. The summed E-state index contributed by atoms with van der Waals surface area (Å²) in [5.41, 5.74) is 1.65. The Morgan fingerprint density at radius 1 is 1.47 bits per heavy atom. The zero-order valence-electron chi connectivity index (χ0n) is 8.19. The molecule has 5 heteroatoms. The molecule has 76 valence electrons. The highest BCUT2D eigenvalue weighted by atomic mass is 16.1. The van der Waals surface area contributed by atoms with E-state index in [0.717, 1.165) is 5.56 Å². The van der Waals surface area contributed by atoms with Crippen molar-refractivity contribution >= 4 is 11.9 Å². The number of aryl methyl sites for hydroxylation is 1. The molecule has 0 atom stereocenters. The maximum atomic E-state index is 11.7. The molecule has 1 amide bonds. The number of anilines is 1. The number of carbonyl (C=O) groups is 1. The predicted molar refractivity (Wildman–Crippen MR) is 55.5 cm³/mol. The number of carbonyl (C=O) groups excluding carboxylic acids is 1. The number of amides is 1. The fourth-order valence-electron chi connectivity index (χ4n) is 1.23. The molecule has 0 aliphatic rings. The van der Waals surface area contributed by atoms with Crippen LogP contribution in [0.15, 0.2) is 30.6 Å². The second-order valence-corrected chi connectivity index (χ2v) is 3.16. The number of hydrogen-bond donors (Lipinski definition) is 2. The van der Waals surface area contributed by atoms with Crippen LogP contribution >= 0.6 is 0 Å². The molecular weight excluding hydrogens is 192 g/mol. The molecule has 2 N–H and O–H groups in total. The number of aromatic amines is 1. The summed E-state index contributed by atoms with van der Waals surface area (Å²) in [6, 6.07) is 7.33. The van der Waals surface area contributed by atoms with E-state index in [0.29, 0.717) is 11.5 Å². The van der Waals surface area contributed by atoms with Gasteiger partial charge in [-0.1, -0.05) is 17.7 Å². The first kappa shape index (κ1) is 9.39. The number of nitrogens with one attached hydrogen (secondary N) is 2. The first-order chi connectivity index (χ1) is 7.25. The van der Waals surface area contributed by atoms with Crippen molar-refractivity contribution in [2.75, 3.05) is 5.32 Å². The highest BCUT2D eigenvalue weighted by Crippen LogP contribution is 2.05. The third-order valence-corrected chi connectivity index (χ3v) is 1.93. The Morgan fingerprint density at radius 3 is 3.00 bits per heavy atom. The molecule has 2 rings (SSSR count). The summed E-state index contributed by atoms with van der Waals surface area (Å²) in [5.74, 6) is 0.150. The van der Waals surface area contributed by atoms with Crippen molar-refractivity contribution in [1.82, 2.24) is 15.2 Å². The quantitative estimate of drug-likeness (QED) is 0.772. The van der Waals surface area contributed by atoms with Gasteiger partial charge in [-0.25, -0.2) is 5.10 Å². The first-order valence-electron chi connectivity index (χ1n) is 4.49. The van der Waals surface area contributed by atoms with E-state index in [9.17, 15) is 4.79 Å². The summed E-state index contributed by atoms with van der Waals surface area (Å²) in [6.45, 7) is 1.94. The number of hydrogen-bond acceptors (Lipinski definition) is 3. The molecule has 1 aromatic heterocycles. The van der Waals surface area contributed by atoms with Gasteiger partial charge in [0.25, 0.3) is 5.91 Å². The van der Waals surface area contributed by atoms with Gasteiger partial charge in [-0.3, -0.25) is 10.1 Å². The summed E-state index contributed by atoms with van der Waals surface area (Å²) in [6.07, 6.45) is 1.34. The minimum atomic E-state index is -0.199. The van der Waals surface area contributed by atoms with Gasteiger partial charge in [0.2, 0.25) is 5.95 Å². The lowest BCUT2D eigenvalue weighted by molar-refractivity contribution is 0.102. The van der Waals surface area contributed by atoms with Gasteiger partial charge in [0.05, 0.1) is 0 Å². The van der Waals surface area contributed by atoms with Crippen LogP contribution in [0, 0.1) is 6.92 Å². The predicted octanol–water partition coefficient (Wildman–Crippen LogP) is 1.37.